The van der Waals surface area contributed by atoms with E-state index < -0.39 is 12.1 Å². The first-order valence-corrected chi connectivity index (χ1v) is 6.80. The fraction of sp³-hybridized carbons (Fsp3) is 0.400. The van der Waals surface area contributed by atoms with Crippen LogP contribution in [0.1, 0.15) is 25.8 Å². The number of hydrogen-bond acceptors (Lipinski definition) is 3. The van der Waals surface area contributed by atoms with Crippen LogP contribution in [0.3, 0.4) is 0 Å². The highest BCUT2D eigenvalue weighted by Gasteiger charge is 2.25. The van der Waals surface area contributed by atoms with E-state index in [-0.39, 0.29) is 11.8 Å². The largest absolute Gasteiger partial charge is 0.352 e. The summed E-state index contributed by atoms with van der Waals surface area (Å²) < 4.78 is 0. The lowest BCUT2D eigenvalue weighted by Gasteiger charge is -2.22. The van der Waals surface area contributed by atoms with Crippen LogP contribution < -0.4 is 16.4 Å². The quantitative estimate of drug-likeness (QED) is 0.742. The molecule has 1 aromatic carbocycles. The van der Waals surface area contributed by atoms with E-state index in [1.807, 2.05) is 13.8 Å². The van der Waals surface area contributed by atoms with Gasteiger partial charge in [-0.15, -0.1) is 0 Å². The number of carbonyl (C=O) groups excluding carboxylic acids is 2. The Morgan fingerprint density at radius 1 is 1.33 bits per heavy atom. The first-order chi connectivity index (χ1) is 9.97. The van der Waals surface area contributed by atoms with Gasteiger partial charge in [-0.2, -0.15) is 5.26 Å². The highest BCUT2D eigenvalue weighted by Crippen LogP contribution is 2.13. The fourth-order valence-electron chi connectivity index (χ4n) is 1.87. The molecule has 6 heteroatoms. The lowest BCUT2D eigenvalue weighted by atomic mass is 9.98. The van der Waals surface area contributed by atoms with Crippen molar-refractivity contribution in [1.82, 2.24) is 5.32 Å². The summed E-state index contributed by atoms with van der Waals surface area (Å²) in [4.78, 5) is 23.2. The maximum Gasteiger partial charge on any atom is 0.312 e. The number of nitrogens with zero attached hydrogens (tertiary/aromatic N) is 1. The third-order valence-corrected chi connectivity index (χ3v) is 3.30. The molecule has 0 aliphatic rings. The van der Waals surface area contributed by atoms with E-state index in [1.54, 1.807) is 24.3 Å². The maximum atomic E-state index is 12.2. The molecular weight excluding hydrogens is 268 g/mol. The summed E-state index contributed by atoms with van der Waals surface area (Å²) >= 11 is 0. The van der Waals surface area contributed by atoms with Crippen LogP contribution in [-0.2, 0) is 11.2 Å². The monoisotopic (exact) mass is 288 g/mol. The Morgan fingerprint density at radius 2 is 1.95 bits per heavy atom. The van der Waals surface area contributed by atoms with Gasteiger partial charge < -0.3 is 16.4 Å². The van der Waals surface area contributed by atoms with Gasteiger partial charge in [0.15, 0.2) is 0 Å². The molecule has 0 fully saturated rings. The van der Waals surface area contributed by atoms with Crippen LogP contribution in [0.25, 0.3) is 0 Å². The molecule has 0 saturated heterocycles. The summed E-state index contributed by atoms with van der Waals surface area (Å²) in [6.07, 6.45) is 1.06. The third kappa shape index (κ3) is 5.15. The normalized spacial score (nSPS) is 12.8. The number of nitriles is 1. The zero-order valence-corrected chi connectivity index (χ0v) is 12.2. The van der Waals surface area contributed by atoms with Crippen molar-refractivity contribution in [3.8, 4) is 6.07 Å². The smallest absolute Gasteiger partial charge is 0.312 e. The van der Waals surface area contributed by atoms with Gasteiger partial charge in [0.25, 0.3) is 0 Å². The molecule has 0 bridgehead atoms. The molecule has 0 aliphatic carbocycles. The Morgan fingerprint density at radius 3 is 2.43 bits per heavy atom. The molecule has 0 aromatic heterocycles. The van der Waals surface area contributed by atoms with Crippen molar-refractivity contribution in [3.05, 3.63) is 29.8 Å². The van der Waals surface area contributed by atoms with Crippen LogP contribution >= 0.6 is 0 Å². The van der Waals surface area contributed by atoms with Gasteiger partial charge in [0, 0.05) is 5.69 Å². The van der Waals surface area contributed by atoms with E-state index in [9.17, 15) is 9.59 Å². The molecule has 0 unspecified atom stereocenters. The van der Waals surface area contributed by atoms with Crippen molar-refractivity contribution < 1.29 is 9.59 Å². The number of anilines is 1. The number of carbonyl (C=O) groups is 2. The summed E-state index contributed by atoms with van der Waals surface area (Å²) in [7, 11) is 0. The molecule has 6 nitrogen and oxygen atoms in total. The zero-order chi connectivity index (χ0) is 15.8. The minimum atomic E-state index is -0.722. The molecule has 0 spiro atoms. The molecular formula is C15H20N4O2. The van der Waals surface area contributed by atoms with Crippen LogP contribution in [0.2, 0.25) is 0 Å². The number of nitrogens with two attached hydrogens (primary N) is 1. The Bertz CT molecular complexity index is 534. The summed E-state index contributed by atoms with van der Waals surface area (Å²) in [5.74, 6) is -0.341. The number of primary amides is 1. The molecule has 3 amide bonds. The van der Waals surface area contributed by atoms with Crippen molar-refractivity contribution in [2.75, 3.05) is 5.32 Å². The molecule has 0 radical (unpaired) electrons. The number of rotatable bonds is 6. The molecule has 0 heterocycles. The predicted octanol–water partition coefficient (Wildman–Crippen LogP) is 1.77. The molecule has 0 aliphatic heterocycles. The minimum absolute atomic E-state index is 0.0321. The molecule has 0 saturated carbocycles. The second-order valence-corrected chi connectivity index (χ2v) is 4.89. The Labute approximate surface area is 124 Å². The Balaban J connectivity index is 2.76. The summed E-state index contributed by atoms with van der Waals surface area (Å²) in [5, 5.41) is 13.8. The van der Waals surface area contributed by atoms with E-state index in [0.717, 1.165) is 12.0 Å². The predicted molar refractivity (Wildman–Crippen MR) is 80.4 cm³/mol. The van der Waals surface area contributed by atoms with E-state index >= 15 is 0 Å². The summed E-state index contributed by atoms with van der Waals surface area (Å²) in [6.45, 7) is 3.81. The van der Waals surface area contributed by atoms with Crippen molar-refractivity contribution in [2.45, 2.75) is 32.7 Å². The van der Waals surface area contributed by atoms with Crippen molar-refractivity contribution in [3.63, 3.8) is 0 Å². The van der Waals surface area contributed by atoms with Gasteiger partial charge in [-0.05, 0) is 23.6 Å². The number of amides is 3. The van der Waals surface area contributed by atoms with Crippen LogP contribution in [0.4, 0.5) is 10.5 Å². The molecule has 4 N–H and O–H groups in total. The summed E-state index contributed by atoms with van der Waals surface area (Å²) in [5.41, 5.74) is 6.60. The highest BCUT2D eigenvalue weighted by atomic mass is 16.2. The summed E-state index contributed by atoms with van der Waals surface area (Å²) in [6, 6.07) is 7.66. The van der Waals surface area contributed by atoms with Gasteiger partial charge in [-0.1, -0.05) is 32.4 Å². The van der Waals surface area contributed by atoms with Crippen molar-refractivity contribution in [1.29, 1.82) is 5.26 Å². The zero-order valence-electron chi connectivity index (χ0n) is 12.2. The van der Waals surface area contributed by atoms with E-state index in [0.29, 0.717) is 12.1 Å². The van der Waals surface area contributed by atoms with Crippen molar-refractivity contribution >= 4 is 17.6 Å². The average molecular weight is 288 g/mol. The van der Waals surface area contributed by atoms with Gasteiger partial charge in [-0.3, -0.25) is 4.79 Å². The highest BCUT2D eigenvalue weighted by molar-refractivity contribution is 5.97. The van der Waals surface area contributed by atoms with Gasteiger partial charge in [0.05, 0.1) is 12.5 Å². The maximum absolute atomic E-state index is 12.2. The number of nitrogens with one attached hydrogen (secondary N) is 2. The Hall–Kier alpha value is -2.55. The van der Waals surface area contributed by atoms with Gasteiger partial charge in [0.2, 0.25) is 5.91 Å². The van der Waals surface area contributed by atoms with Crippen LogP contribution in [0.5, 0.6) is 0 Å². The first-order valence-electron chi connectivity index (χ1n) is 6.80. The second kappa shape index (κ2) is 7.90. The minimum Gasteiger partial charge on any atom is -0.352 e. The first kappa shape index (κ1) is 16.5. The van der Waals surface area contributed by atoms with Crippen LogP contribution in [-0.4, -0.2) is 18.0 Å². The number of urea groups is 1. The third-order valence-electron chi connectivity index (χ3n) is 3.30. The molecule has 112 valence electrons. The standard InChI is InChI=1S/C15H20N4O2/c1-3-10(2)13(19-15(17)21)14(20)18-12-6-4-11(5-7-12)8-9-16/h4-7,10,13H,3,8H2,1-2H3,(H,18,20)(H3,17,19,21)/t10-,13+/m0/s1. The number of benzene rings is 1. The average Bonchev–Trinajstić information content (AvgIpc) is 2.46. The van der Waals surface area contributed by atoms with Crippen molar-refractivity contribution in [2.24, 2.45) is 11.7 Å². The van der Waals surface area contributed by atoms with Gasteiger partial charge in [0.1, 0.15) is 6.04 Å². The van der Waals surface area contributed by atoms with E-state index in [4.69, 9.17) is 11.0 Å². The Kier molecular flexibility index (Phi) is 6.21. The topological polar surface area (TPSA) is 108 Å². The van der Waals surface area contributed by atoms with Gasteiger partial charge >= 0.3 is 6.03 Å². The molecule has 2 atom stereocenters. The fourth-order valence-corrected chi connectivity index (χ4v) is 1.87. The lowest BCUT2D eigenvalue weighted by Crippen LogP contribution is -2.49. The van der Waals surface area contributed by atoms with Crippen LogP contribution in [0.15, 0.2) is 24.3 Å². The van der Waals surface area contributed by atoms with E-state index in [2.05, 4.69) is 16.7 Å². The van der Waals surface area contributed by atoms with E-state index in [1.165, 1.54) is 0 Å². The number of hydrogen-bond donors (Lipinski definition) is 3. The van der Waals surface area contributed by atoms with Gasteiger partial charge in [-0.25, -0.2) is 4.79 Å². The lowest BCUT2D eigenvalue weighted by molar-refractivity contribution is -0.119. The second-order valence-electron chi connectivity index (χ2n) is 4.89. The molecule has 21 heavy (non-hydrogen) atoms. The molecule has 1 rings (SSSR count). The van der Waals surface area contributed by atoms with Crippen LogP contribution in [0, 0.1) is 17.2 Å². The molecule has 1 aromatic rings. The SMILES string of the molecule is CC[C@H](C)[C@@H](NC(N)=O)C(=O)Nc1ccc(CC#N)cc1.